The molecular weight excluding hydrogens is 254 g/mol. The van der Waals surface area contributed by atoms with Crippen molar-refractivity contribution in [2.45, 2.75) is 39.3 Å². The van der Waals surface area contributed by atoms with Gasteiger partial charge in [0.15, 0.2) is 0 Å². The fourth-order valence-corrected chi connectivity index (χ4v) is 2.41. The Balaban J connectivity index is 2.18. The van der Waals surface area contributed by atoms with Crippen molar-refractivity contribution in [3.05, 3.63) is 23.9 Å². The second-order valence-electron chi connectivity index (χ2n) is 5.10. The molecule has 0 aromatic carbocycles. The van der Waals surface area contributed by atoms with E-state index in [4.69, 9.17) is 4.74 Å². The van der Waals surface area contributed by atoms with Gasteiger partial charge in [0.1, 0.15) is 11.5 Å². The van der Waals surface area contributed by atoms with Crippen LogP contribution in [0.4, 0.5) is 5.82 Å². The summed E-state index contributed by atoms with van der Waals surface area (Å²) in [6, 6.07) is 5.65. The molecule has 5 heteroatoms. The summed E-state index contributed by atoms with van der Waals surface area (Å²) in [7, 11) is 0. The first kappa shape index (κ1) is 14.8. The van der Waals surface area contributed by atoms with Crippen LogP contribution in [0.1, 0.15) is 37.7 Å². The summed E-state index contributed by atoms with van der Waals surface area (Å²) < 4.78 is 5.63. The van der Waals surface area contributed by atoms with Crippen LogP contribution in [0.25, 0.3) is 0 Å². The maximum absolute atomic E-state index is 12.7. The lowest BCUT2D eigenvalue weighted by molar-refractivity contribution is -0.0445. The molecule has 5 nitrogen and oxygen atoms in total. The Kier molecular flexibility index (Phi) is 4.95. The zero-order valence-corrected chi connectivity index (χ0v) is 12.4. The third kappa shape index (κ3) is 3.28. The predicted octanol–water partition coefficient (Wildman–Crippen LogP) is 2.15. The molecule has 0 saturated carbocycles. The number of morpholine rings is 1. The van der Waals surface area contributed by atoms with Crippen molar-refractivity contribution in [1.82, 2.24) is 9.88 Å². The molecule has 1 fully saturated rings. The van der Waals surface area contributed by atoms with Gasteiger partial charge in [0, 0.05) is 13.1 Å². The van der Waals surface area contributed by atoms with Gasteiger partial charge in [-0.2, -0.15) is 0 Å². The van der Waals surface area contributed by atoms with Gasteiger partial charge in [0.05, 0.1) is 18.8 Å². The van der Waals surface area contributed by atoms with Crippen LogP contribution in [-0.4, -0.2) is 47.6 Å². The fraction of sp³-hybridized carbons (Fsp3) is 0.600. The number of amides is 1. The van der Waals surface area contributed by atoms with Crippen molar-refractivity contribution in [1.29, 1.82) is 0 Å². The van der Waals surface area contributed by atoms with Gasteiger partial charge in [0.25, 0.3) is 5.91 Å². The normalized spacial score (nSPS) is 22.6. The molecule has 2 rings (SSSR count). The second-order valence-corrected chi connectivity index (χ2v) is 5.10. The van der Waals surface area contributed by atoms with E-state index in [1.54, 1.807) is 6.07 Å². The number of nitrogens with zero attached hydrogens (tertiary/aromatic N) is 2. The van der Waals surface area contributed by atoms with E-state index in [1.807, 2.05) is 30.9 Å². The summed E-state index contributed by atoms with van der Waals surface area (Å²) in [5.74, 6) is 0.736. The molecule has 2 heterocycles. The number of carbonyl (C=O) groups is 1. The first-order valence-corrected chi connectivity index (χ1v) is 7.29. The third-order valence-electron chi connectivity index (χ3n) is 3.53. The fourth-order valence-electron chi connectivity index (χ4n) is 2.41. The Labute approximate surface area is 120 Å². The Morgan fingerprint density at radius 2 is 2.30 bits per heavy atom. The van der Waals surface area contributed by atoms with Crippen LogP contribution in [0.3, 0.4) is 0 Å². The number of anilines is 1. The van der Waals surface area contributed by atoms with Gasteiger partial charge >= 0.3 is 0 Å². The van der Waals surface area contributed by atoms with Crippen LogP contribution < -0.4 is 5.32 Å². The van der Waals surface area contributed by atoms with E-state index in [2.05, 4.69) is 17.2 Å². The monoisotopic (exact) mass is 277 g/mol. The molecule has 2 unspecified atom stereocenters. The van der Waals surface area contributed by atoms with Crippen molar-refractivity contribution in [3.63, 3.8) is 0 Å². The first-order chi connectivity index (χ1) is 9.65. The lowest BCUT2D eigenvalue weighted by atomic mass is 10.1. The van der Waals surface area contributed by atoms with Crippen molar-refractivity contribution in [3.8, 4) is 0 Å². The Morgan fingerprint density at radius 1 is 1.50 bits per heavy atom. The van der Waals surface area contributed by atoms with Crippen LogP contribution in [0.15, 0.2) is 18.2 Å². The minimum atomic E-state index is -0.00764. The molecule has 1 aliphatic heterocycles. The molecule has 1 amide bonds. The second kappa shape index (κ2) is 6.70. The summed E-state index contributed by atoms with van der Waals surface area (Å²) in [6.45, 7) is 8.10. The zero-order chi connectivity index (χ0) is 14.5. The van der Waals surface area contributed by atoms with E-state index in [0.717, 1.165) is 18.8 Å². The van der Waals surface area contributed by atoms with Crippen molar-refractivity contribution in [2.75, 3.05) is 25.0 Å². The van der Waals surface area contributed by atoms with E-state index >= 15 is 0 Å². The number of hydrogen-bond acceptors (Lipinski definition) is 4. The SMILES string of the molecule is CCNc1cccc(C(=O)N2CC(C)OCC2CC)n1. The number of ether oxygens (including phenoxy) is 1. The maximum atomic E-state index is 12.7. The maximum Gasteiger partial charge on any atom is 0.272 e. The van der Waals surface area contributed by atoms with Gasteiger partial charge in [-0.15, -0.1) is 0 Å². The van der Waals surface area contributed by atoms with Crippen LogP contribution in [0.2, 0.25) is 0 Å². The van der Waals surface area contributed by atoms with Crippen molar-refractivity contribution < 1.29 is 9.53 Å². The Bertz CT molecular complexity index is 464. The van der Waals surface area contributed by atoms with E-state index < -0.39 is 0 Å². The molecule has 20 heavy (non-hydrogen) atoms. The minimum absolute atomic E-state index is 0.00764. The van der Waals surface area contributed by atoms with Gasteiger partial charge in [-0.05, 0) is 32.4 Å². The van der Waals surface area contributed by atoms with Crippen molar-refractivity contribution in [2.24, 2.45) is 0 Å². The van der Waals surface area contributed by atoms with Gasteiger partial charge in [0.2, 0.25) is 0 Å². The van der Waals surface area contributed by atoms with Crippen LogP contribution >= 0.6 is 0 Å². The molecule has 0 spiro atoms. The molecule has 0 radical (unpaired) electrons. The Morgan fingerprint density at radius 3 is 3.00 bits per heavy atom. The topological polar surface area (TPSA) is 54.5 Å². The van der Waals surface area contributed by atoms with Crippen LogP contribution in [0, 0.1) is 0 Å². The highest BCUT2D eigenvalue weighted by Crippen LogP contribution is 2.17. The molecule has 1 N–H and O–H groups in total. The van der Waals surface area contributed by atoms with Gasteiger partial charge < -0.3 is 15.0 Å². The zero-order valence-electron chi connectivity index (χ0n) is 12.4. The number of rotatable bonds is 4. The number of pyridine rings is 1. The average Bonchev–Trinajstić information content (AvgIpc) is 2.47. The van der Waals surface area contributed by atoms with Gasteiger partial charge in [-0.25, -0.2) is 4.98 Å². The molecule has 1 saturated heterocycles. The number of hydrogen-bond donors (Lipinski definition) is 1. The molecular formula is C15H23N3O2. The lowest BCUT2D eigenvalue weighted by Crippen LogP contribution is -2.51. The molecule has 110 valence electrons. The number of nitrogens with one attached hydrogen (secondary N) is 1. The lowest BCUT2D eigenvalue weighted by Gasteiger charge is -2.38. The minimum Gasteiger partial charge on any atom is -0.375 e. The summed E-state index contributed by atoms with van der Waals surface area (Å²) in [5.41, 5.74) is 0.496. The van der Waals surface area contributed by atoms with E-state index in [1.165, 1.54) is 0 Å². The molecule has 0 aliphatic carbocycles. The quantitative estimate of drug-likeness (QED) is 0.916. The molecule has 1 aromatic heterocycles. The molecule has 1 aliphatic rings. The smallest absolute Gasteiger partial charge is 0.272 e. The average molecular weight is 277 g/mol. The first-order valence-electron chi connectivity index (χ1n) is 7.29. The third-order valence-corrected chi connectivity index (χ3v) is 3.53. The highest BCUT2D eigenvalue weighted by Gasteiger charge is 2.30. The predicted molar refractivity (Wildman–Crippen MR) is 78.9 cm³/mol. The summed E-state index contributed by atoms with van der Waals surface area (Å²) in [4.78, 5) is 18.9. The van der Waals surface area contributed by atoms with Crippen LogP contribution in [-0.2, 0) is 4.74 Å². The highest BCUT2D eigenvalue weighted by molar-refractivity contribution is 5.93. The molecule has 1 aromatic rings. The van der Waals surface area contributed by atoms with E-state index in [9.17, 15) is 4.79 Å². The Hall–Kier alpha value is -1.62. The number of carbonyl (C=O) groups excluding carboxylic acids is 1. The van der Waals surface area contributed by atoms with Crippen molar-refractivity contribution >= 4 is 11.7 Å². The molecule has 0 bridgehead atoms. The standard InChI is InChI=1S/C15H23N3O2/c1-4-12-10-20-11(3)9-18(12)15(19)13-7-6-8-14(17-13)16-5-2/h6-8,11-12H,4-5,9-10H2,1-3H3,(H,16,17). The van der Waals surface area contributed by atoms with E-state index in [0.29, 0.717) is 18.8 Å². The molecule has 2 atom stereocenters. The van der Waals surface area contributed by atoms with E-state index in [-0.39, 0.29) is 18.1 Å². The van der Waals surface area contributed by atoms with Crippen LogP contribution in [0.5, 0.6) is 0 Å². The van der Waals surface area contributed by atoms with Gasteiger partial charge in [-0.3, -0.25) is 4.79 Å². The van der Waals surface area contributed by atoms with Gasteiger partial charge in [-0.1, -0.05) is 13.0 Å². The highest BCUT2D eigenvalue weighted by atomic mass is 16.5. The summed E-state index contributed by atoms with van der Waals surface area (Å²) >= 11 is 0. The summed E-state index contributed by atoms with van der Waals surface area (Å²) in [5, 5.41) is 3.13. The summed E-state index contributed by atoms with van der Waals surface area (Å²) in [6.07, 6.45) is 0.976. The number of aromatic nitrogens is 1. The largest absolute Gasteiger partial charge is 0.375 e.